The van der Waals surface area contributed by atoms with Crippen LogP contribution in [0.3, 0.4) is 0 Å². The average molecular weight is 511 g/mol. The molecule has 0 saturated carbocycles. The number of hydrogen-bond acceptors (Lipinski definition) is 4. The Labute approximate surface area is 191 Å². The fourth-order valence-corrected chi connectivity index (χ4v) is 3.73. The number of aliphatic imine (C=N–C) groups is 1. The van der Waals surface area contributed by atoms with Crippen molar-refractivity contribution in [3.8, 4) is 0 Å². The van der Waals surface area contributed by atoms with Crippen LogP contribution in [-0.4, -0.2) is 36.0 Å². The van der Waals surface area contributed by atoms with Crippen molar-refractivity contribution in [2.45, 2.75) is 53.2 Å². The van der Waals surface area contributed by atoms with Crippen molar-refractivity contribution in [1.29, 1.82) is 0 Å². The number of benzene rings is 1. The highest BCUT2D eigenvalue weighted by Crippen LogP contribution is 2.19. The molecule has 1 atom stereocenters. The van der Waals surface area contributed by atoms with Gasteiger partial charge in [0.2, 0.25) is 5.89 Å². The Hall–Kier alpha value is -1.61. The predicted molar refractivity (Wildman–Crippen MR) is 129 cm³/mol. The molecule has 1 aliphatic rings. The van der Waals surface area contributed by atoms with Crippen LogP contribution >= 0.6 is 24.0 Å². The Morgan fingerprint density at radius 3 is 2.59 bits per heavy atom. The van der Waals surface area contributed by atoms with Crippen LogP contribution in [0.2, 0.25) is 0 Å². The molecule has 29 heavy (non-hydrogen) atoms. The van der Waals surface area contributed by atoms with E-state index in [1.165, 1.54) is 37.1 Å². The lowest BCUT2D eigenvalue weighted by molar-refractivity contribution is 0.176. The van der Waals surface area contributed by atoms with Gasteiger partial charge in [-0.2, -0.15) is 0 Å². The van der Waals surface area contributed by atoms with E-state index in [9.17, 15) is 0 Å². The van der Waals surface area contributed by atoms with Gasteiger partial charge in [0.05, 0.1) is 12.2 Å². The maximum atomic E-state index is 5.62. The molecule has 0 spiro atoms. The normalized spacial score (nSPS) is 17.7. The maximum absolute atomic E-state index is 5.62. The van der Waals surface area contributed by atoms with Crippen LogP contribution in [0.4, 0.5) is 0 Å². The van der Waals surface area contributed by atoms with Gasteiger partial charge in [0.1, 0.15) is 5.76 Å². The molecule has 3 rings (SSSR count). The number of likely N-dealkylation sites (tertiary alicyclic amines) is 1. The van der Waals surface area contributed by atoms with Crippen molar-refractivity contribution in [2.24, 2.45) is 10.9 Å². The fraction of sp³-hybridized carbons (Fsp3) is 0.545. The van der Waals surface area contributed by atoms with Crippen LogP contribution in [0.1, 0.15) is 48.2 Å². The molecule has 1 unspecified atom stereocenters. The Morgan fingerprint density at radius 1 is 1.21 bits per heavy atom. The van der Waals surface area contributed by atoms with E-state index < -0.39 is 0 Å². The minimum Gasteiger partial charge on any atom is -0.444 e. The second-order valence-corrected chi connectivity index (χ2v) is 7.78. The van der Waals surface area contributed by atoms with Gasteiger partial charge in [0.15, 0.2) is 5.96 Å². The van der Waals surface area contributed by atoms with Crippen molar-refractivity contribution in [3.05, 3.63) is 52.7 Å². The summed E-state index contributed by atoms with van der Waals surface area (Å²) < 4.78 is 5.62. The van der Waals surface area contributed by atoms with E-state index in [-0.39, 0.29) is 24.0 Å². The lowest BCUT2D eigenvalue weighted by Gasteiger charge is -2.31. The summed E-state index contributed by atoms with van der Waals surface area (Å²) in [5, 5.41) is 6.69. The third-order valence-corrected chi connectivity index (χ3v) is 5.40. The van der Waals surface area contributed by atoms with Gasteiger partial charge in [-0.15, -0.1) is 24.0 Å². The van der Waals surface area contributed by atoms with Crippen LogP contribution in [-0.2, 0) is 19.6 Å². The van der Waals surface area contributed by atoms with E-state index >= 15 is 0 Å². The third-order valence-electron chi connectivity index (χ3n) is 5.40. The molecule has 1 aliphatic heterocycles. The van der Waals surface area contributed by atoms with Gasteiger partial charge < -0.3 is 15.1 Å². The minimum absolute atomic E-state index is 0. The van der Waals surface area contributed by atoms with Crippen LogP contribution < -0.4 is 10.6 Å². The van der Waals surface area contributed by atoms with Crippen molar-refractivity contribution < 1.29 is 4.42 Å². The van der Waals surface area contributed by atoms with Crippen LogP contribution in [0.5, 0.6) is 0 Å². The number of nitrogens with zero attached hydrogens (tertiary/aromatic N) is 3. The molecule has 0 amide bonds. The molecular weight excluding hydrogens is 477 g/mol. The molecule has 2 aromatic rings. The second kappa shape index (κ2) is 11.5. The lowest BCUT2D eigenvalue weighted by atomic mass is 9.99. The second-order valence-electron chi connectivity index (χ2n) is 7.78. The molecule has 2 heterocycles. The van der Waals surface area contributed by atoms with Crippen molar-refractivity contribution in [2.75, 3.05) is 20.1 Å². The zero-order valence-corrected chi connectivity index (χ0v) is 20.3. The number of piperidine rings is 1. The van der Waals surface area contributed by atoms with Gasteiger partial charge in [0.25, 0.3) is 0 Å². The van der Waals surface area contributed by atoms with Crippen molar-refractivity contribution in [3.63, 3.8) is 0 Å². The number of aryl methyl sites for hydroxylation is 2. The summed E-state index contributed by atoms with van der Waals surface area (Å²) in [5.41, 5.74) is 3.63. The number of hydrogen-bond donors (Lipinski definition) is 2. The van der Waals surface area contributed by atoms with Gasteiger partial charge in [-0.3, -0.25) is 9.89 Å². The predicted octanol–water partition coefficient (Wildman–Crippen LogP) is 4.01. The molecule has 0 bridgehead atoms. The Morgan fingerprint density at radius 2 is 1.93 bits per heavy atom. The fourth-order valence-electron chi connectivity index (χ4n) is 3.73. The van der Waals surface area contributed by atoms with Gasteiger partial charge in [-0.05, 0) is 50.3 Å². The summed E-state index contributed by atoms with van der Waals surface area (Å²) in [4.78, 5) is 11.3. The third kappa shape index (κ3) is 6.99. The number of guanidine groups is 1. The van der Waals surface area contributed by atoms with Crippen molar-refractivity contribution >= 4 is 29.9 Å². The molecule has 1 fully saturated rings. The highest BCUT2D eigenvalue weighted by Gasteiger charge is 2.17. The monoisotopic (exact) mass is 511 g/mol. The first-order chi connectivity index (χ1) is 13.5. The molecular formula is C22H34IN5O. The maximum Gasteiger partial charge on any atom is 0.214 e. The standard InChI is InChI=1S/C22H33N5O.HI/c1-16-8-7-11-27(14-16)15-20-10-6-5-9-19(20)12-24-22(23-4)25-13-21-26-17(2)18(3)28-21;/h5-6,9-10,16H,7-8,11-15H2,1-4H3,(H2,23,24,25);1H. The van der Waals surface area contributed by atoms with E-state index in [0.29, 0.717) is 12.4 Å². The molecule has 1 saturated heterocycles. The van der Waals surface area contributed by atoms with E-state index in [2.05, 4.69) is 56.7 Å². The van der Waals surface area contributed by atoms with E-state index in [1.54, 1.807) is 7.05 Å². The van der Waals surface area contributed by atoms with E-state index in [1.807, 2.05) is 13.8 Å². The Bertz CT molecular complexity index is 785. The SMILES string of the molecule is CN=C(NCc1nc(C)c(C)o1)NCc1ccccc1CN1CCCC(C)C1.I. The highest BCUT2D eigenvalue weighted by atomic mass is 127. The summed E-state index contributed by atoms with van der Waals surface area (Å²) in [6.45, 7) is 10.9. The number of aromatic nitrogens is 1. The molecule has 6 nitrogen and oxygen atoms in total. The molecule has 7 heteroatoms. The number of halogens is 1. The first-order valence-corrected chi connectivity index (χ1v) is 10.2. The zero-order chi connectivity index (χ0) is 19.9. The first-order valence-electron chi connectivity index (χ1n) is 10.2. The van der Waals surface area contributed by atoms with Gasteiger partial charge in [-0.25, -0.2) is 4.98 Å². The topological polar surface area (TPSA) is 65.7 Å². The summed E-state index contributed by atoms with van der Waals surface area (Å²) >= 11 is 0. The van der Waals surface area contributed by atoms with Crippen molar-refractivity contribution in [1.82, 2.24) is 20.5 Å². The summed E-state index contributed by atoms with van der Waals surface area (Å²) in [5.74, 6) is 3.08. The van der Waals surface area contributed by atoms with E-state index in [4.69, 9.17) is 4.42 Å². The highest BCUT2D eigenvalue weighted by molar-refractivity contribution is 14.0. The van der Waals surface area contributed by atoms with Gasteiger partial charge >= 0.3 is 0 Å². The molecule has 160 valence electrons. The molecule has 0 radical (unpaired) electrons. The largest absolute Gasteiger partial charge is 0.444 e. The molecule has 1 aromatic heterocycles. The smallest absolute Gasteiger partial charge is 0.214 e. The molecule has 1 aromatic carbocycles. The molecule has 0 aliphatic carbocycles. The van der Waals surface area contributed by atoms with E-state index in [0.717, 1.165) is 36.4 Å². The van der Waals surface area contributed by atoms with Crippen LogP contribution in [0, 0.1) is 19.8 Å². The number of rotatable bonds is 6. The summed E-state index contributed by atoms with van der Waals surface area (Å²) in [7, 11) is 1.78. The summed E-state index contributed by atoms with van der Waals surface area (Å²) in [6, 6.07) is 8.68. The summed E-state index contributed by atoms with van der Waals surface area (Å²) in [6.07, 6.45) is 2.66. The first kappa shape index (κ1) is 23.7. The zero-order valence-electron chi connectivity index (χ0n) is 18.0. The lowest BCUT2D eigenvalue weighted by Crippen LogP contribution is -2.37. The van der Waals surface area contributed by atoms with Crippen LogP contribution in [0.25, 0.3) is 0 Å². The average Bonchev–Trinajstić information content (AvgIpc) is 3.01. The molecule has 2 N–H and O–H groups in total. The van der Waals surface area contributed by atoms with Crippen LogP contribution in [0.15, 0.2) is 33.7 Å². The van der Waals surface area contributed by atoms with Gasteiger partial charge in [-0.1, -0.05) is 31.2 Å². The Balaban J connectivity index is 0.00000300. The Kier molecular flexibility index (Phi) is 9.42. The van der Waals surface area contributed by atoms with Gasteiger partial charge in [0, 0.05) is 26.7 Å². The number of nitrogens with one attached hydrogen (secondary N) is 2. The number of oxazole rings is 1. The quantitative estimate of drug-likeness (QED) is 0.349. The minimum atomic E-state index is 0.